The largest absolute Gasteiger partial charge is 0.416 e. The van der Waals surface area contributed by atoms with Crippen LogP contribution < -0.4 is 5.32 Å². The number of hydrogen-bond donors (Lipinski definition) is 1. The van der Waals surface area contributed by atoms with Crippen LogP contribution in [0.4, 0.5) is 23.4 Å². The highest BCUT2D eigenvalue weighted by Gasteiger charge is 2.30. The summed E-state index contributed by atoms with van der Waals surface area (Å²) in [7, 11) is 0. The number of alkyl halides is 3. The second kappa shape index (κ2) is 6.51. The van der Waals surface area contributed by atoms with Crippen LogP contribution in [0.3, 0.4) is 0 Å². The summed E-state index contributed by atoms with van der Waals surface area (Å²) in [6.07, 6.45) is -4.42. The van der Waals surface area contributed by atoms with Crippen molar-refractivity contribution in [1.29, 1.82) is 0 Å². The predicted molar refractivity (Wildman–Crippen MR) is 90.2 cm³/mol. The average molecular weight is 364 g/mol. The zero-order valence-electron chi connectivity index (χ0n) is 14.3. The van der Waals surface area contributed by atoms with E-state index in [1.54, 1.807) is 26.8 Å². The van der Waals surface area contributed by atoms with Crippen LogP contribution in [0.1, 0.15) is 35.6 Å². The number of benzene rings is 1. The Balaban J connectivity index is 2.01. The maximum atomic E-state index is 13.7. The Kier molecular flexibility index (Phi) is 4.52. The molecular formula is C18H16F4N4. The Morgan fingerprint density at radius 3 is 2.46 bits per heavy atom. The van der Waals surface area contributed by atoms with Gasteiger partial charge in [0.15, 0.2) is 0 Å². The van der Waals surface area contributed by atoms with Crippen LogP contribution in [0.5, 0.6) is 0 Å². The molecule has 0 fully saturated rings. The Morgan fingerprint density at radius 2 is 1.77 bits per heavy atom. The van der Waals surface area contributed by atoms with Crippen molar-refractivity contribution in [1.82, 2.24) is 15.0 Å². The molecule has 3 aromatic rings. The van der Waals surface area contributed by atoms with E-state index in [2.05, 4.69) is 20.3 Å². The van der Waals surface area contributed by atoms with Gasteiger partial charge in [0.2, 0.25) is 5.95 Å². The number of nitrogens with one attached hydrogen (secondary N) is 1. The van der Waals surface area contributed by atoms with Crippen LogP contribution >= 0.6 is 0 Å². The topological polar surface area (TPSA) is 50.7 Å². The maximum Gasteiger partial charge on any atom is 0.416 e. The Hall–Kier alpha value is -2.77. The molecule has 0 bridgehead atoms. The fourth-order valence-electron chi connectivity index (χ4n) is 2.74. The van der Waals surface area contributed by atoms with Crippen molar-refractivity contribution in [2.45, 2.75) is 33.0 Å². The molecule has 0 radical (unpaired) electrons. The van der Waals surface area contributed by atoms with Gasteiger partial charge < -0.3 is 5.32 Å². The summed E-state index contributed by atoms with van der Waals surface area (Å²) in [5, 5.41) is 3.49. The molecule has 4 nitrogen and oxygen atoms in total. The van der Waals surface area contributed by atoms with Gasteiger partial charge in [0, 0.05) is 17.5 Å². The van der Waals surface area contributed by atoms with E-state index in [1.807, 2.05) is 0 Å². The molecular weight excluding hydrogens is 348 g/mol. The quantitative estimate of drug-likeness (QED) is 0.526. The lowest BCUT2D eigenvalue weighted by Crippen LogP contribution is -2.12. The van der Waals surface area contributed by atoms with E-state index >= 15 is 0 Å². The highest BCUT2D eigenvalue weighted by molar-refractivity contribution is 5.90. The minimum Gasteiger partial charge on any atom is -0.363 e. The molecule has 0 amide bonds. The Labute approximate surface area is 147 Å². The lowest BCUT2D eigenvalue weighted by atomic mass is 10.0. The van der Waals surface area contributed by atoms with Crippen molar-refractivity contribution >= 4 is 16.7 Å². The molecule has 136 valence electrons. The summed E-state index contributed by atoms with van der Waals surface area (Å²) in [6, 6.07) is 5.78. The normalized spacial score (nSPS) is 13.0. The number of anilines is 1. The van der Waals surface area contributed by atoms with Gasteiger partial charge in [0.1, 0.15) is 11.6 Å². The van der Waals surface area contributed by atoms with E-state index in [4.69, 9.17) is 0 Å². The number of fused-ring (bicyclic) bond motifs is 1. The fourth-order valence-corrected chi connectivity index (χ4v) is 2.74. The molecule has 3 rings (SSSR count). The van der Waals surface area contributed by atoms with Crippen molar-refractivity contribution in [2.75, 3.05) is 5.32 Å². The molecule has 2 heterocycles. The predicted octanol–water partition coefficient (Wildman–Crippen LogP) is 4.97. The molecule has 1 atom stereocenters. The van der Waals surface area contributed by atoms with Crippen LogP contribution in [-0.4, -0.2) is 15.0 Å². The number of aromatic nitrogens is 3. The SMILES string of the molecule is Cc1nc(NC(C)c2cccc(C(F)(F)F)c2)c2cc(F)nc(C)c2n1. The zero-order valence-corrected chi connectivity index (χ0v) is 14.3. The van der Waals surface area contributed by atoms with Gasteiger partial charge in [0.25, 0.3) is 0 Å². The third-order valence-electron chi connectivity index (χ3n) is 4.01. The lowest BCUT2D eigenvalue weighted by molar-refractivity contribution is -0.137. The first-order valence-electron chi connectivity index (χ1n) is 7.90. The molecule has 1 unspecified atom stereocenters. The van der Waals surface area contributed by atoms with E-state index in [-0.39, 0.29) is 0 Å². The molecule has 0 saturated heterocycles. The van der Waals surface area contributed by atoms with Gasteiger partial charge in [-0.1, -0.05) is 12.1 Å². The smallest absolute Gasteiger partial charge is 0.363 e. The van der Waals surface area contributed by atoms with E-state index < -0.39 is 23.7 Å². The second-order valence-electron chi connectivity index (χ2n) is 6.04. The molecule has 1 aromatic carbocycles. The van der Waals surface area contributed by atoms with Crippen molar-refractivity contribution in [3.8, 4) is 0 Å². The summed E-state index contributed by atoms with van der Waals surface area (Å²) in [6.45, 7) is 5.03. The number of hydrogen-bond acceptors (Lipinski definition) is 4. The van der Waals surface area contributed by atoms with Crippen LogP contribution in [0, 0.1) is 19.8 Å². The Morgan fingerprint density at radius 1 is 1.04 bits per heavy atom. The van der Waals surface area contributed by atoms with Crippen molar-refractivity contribution in [3.05, 3.63) is 58.9 Å². The maximum absolute atomic E-state index is 13.7. The molecule has 1 N–H and O–H groups in total. The standard InChI is InChI=1S/C18H16F4N4/c1-9(12-5-4-6-13(7-12)18(20,21)22)24-17-14-8-15(19)23-10(2)16(14)25-11(3)26-17/h4-9H,1-3H3,(H,24,25,26). The van der Waals surface area contributed by atoms with Gasteiger partial charge in [-0.05, 0) is 38.5 Å². The van der Waals surface area contributed by atoms with E-state index in [1.165, 1.54) is 12.1 Å². The first-order chi connectivity index (χ1) is 12.1. The van der Waals surface area contributed by atoms with E-state index in [0.717, 1.165) is 12.1 Å². The van der Waals surface area contributed by atoms with Crippen LogP contribution in [0.25, 0.3) is 10.9 Å². The number of aryl methyl sites for hydroxylation is 2. The van der Waals surface area contributed by atoms with E-state index in [9.17, 15) is 17.6 Å². The summed E-state index contributed by atoms with van der Waals surface area (Å²) >= 11 is 0. The van der Waals surface area contributed by atoms with Crippen molar-refractivity contribution in [2.24, 2.45) is 0 Å². The highest BCUT2D eigenvalue weighted by atomic mass is 19.4. The lowest BCUT2D eigenvalue weighted by Gasteiger charge is -2.18. The minimum atomic E-state index is -4.42. The number of nitrogens with zero attached hydrogens (tertiary/aromatic N) is 3. The fraction of sp³-hybridized carbons (Fsp3) is 0.278. The monoisotopic (exact) mass is 364 g/mol. The van der Waals surface area contributed by atoms with Gasteiger partial charge in [-0.25, -0.2) is 15.0 Å². The molecule has 0 spiro atoms. The van der Waals surface area contributed by atoms with Crippen molar-refractivity contribution in [3.63, 3.8) is 0 Å². The summed E-state index contributed by atoms with van der Waals surface area (Å²) in [5.41, 5.74) is 0.631. The summed E-state index contributed by atoms with van der Waals surface area (Å²) in [4.78, 5) is 12.3. The molecule has 8 heteroatoms. The van der Waals surface area contributed by atoms with Crippen LogP contribution in [0.2, 0.25) is 0 Å². The van der Waals surface area contributed by atoms with Gasteiger partial charge in [-0.15, -0.1) is 0 Å². The van der Waals surface area contributed by atoms with Crippen LogP contribution in [0.15, 0.2) is 30.3 Å². The van der Waals surface area contributed by atoms with Crippen LogP contribution in [-0.2, 0) is 6.18 Å². The molecule has 0 aliphatic carbocycles. The first-order valence-corrected chi connectivity index (χ1v) is 7.90. The Bertz CT molecular complexity index is 969. The van der Waals surface area contributed by atoms with Gasteiger partial charge in [-0.3, -0.25) is 0 Å². The first kappa shape index (κ1) is 18.0. The number of rotatable bonds is 3. The number of pyridine rings is 1. The number of halogens is 4. The molecule has 26 heavy (non-hydrogen) atoms. The molecule has 2 aromatic heterocycles. The average Bonchev–Trinajstić information content (AvgIpc) is 2.55. The second-order valence-corrected chi connectivity index (χ2v) is 6.04. The summed E-state index contributed by atoms with van der Waals surface area (Å²) < 4.78 is 52.5. The molecule has 0 saturated carbocycles. The van der Waals surface area contributed by atoms with Crippen molar-refractivity contribution < 1.29 is 17.6 Å². The highest BCUT2D eigenvalue weighted by Crippen LogP contribution is 2.32. The third-order valence-corrected chi connectivity index (χ3v) is 4.01. The zero-order chi connectivity index (χ0) is 19.1. The third kappa shape index (κ3) is 3.58. The summed E-state index contributed by atoms with van der Waals surface area (Å²) in [5.74, 6) is 0.131. The van der Waals surface area contributed by atoms with E-state index in [0.29, 0.717) is 33.8 Å². The van der Waals surface area contributed by atoms with Gasteiger partial charge in [-0.2, -0.15) is 17.6 Å². The molecule has 0 aliphatic rings. The van der Waals surface area contributed by atoms with Gasteiger partial charge >= 0.3 is 6.18 Å². The minimum absolute atomic E-state index is 0.349. The van der Waals surface area contributed by atoms with Gasteiger partial charge in [0.05, 0.1) is 16.8 Å². The molecule has 0 aliphatic heterocycles.